The summed E-state index contributed by atoms with van der Waals surface area (Å²) in [5.74, 6) is -0.451. The molecule has 7 nitrogen and oxygen atoms in total. The minimum Gasteiger partial charge on any atom is -0.460 e. The van der Waals surface area contributed by atoms with Crippen molar-refractivity contribution in [1.82, 2.24) is 4.57 Å². The van der Waals surface area contributed by atoms with E-state index in [-0.39, 0.29) is 24.2 Å². The van der Waals surface area contributed by atoms with E-state index in [1.54, 1.807) is 20.8 Å². The zero-order valence-corrected chi connectivity index (χ0v) is 12.0. The second-order valence-corrected chi connectivity index (χ2v) is 5.47. The monoisotopic (exact) mass is 282 g/mol. The lowest BCUT2D eigenvalue weighted by atomic mass is 10.2. The number of hydrogen-bond acceptors (Lipinski definition) is 5. The topological polar surface area (TPSA) is 91.4 Å². The Bertz CT molecular complexity index is 583. The molecule has 0 saturated heterocycles. The molecular weight excluding hydrogens is 264 g/mol. The molecule has 20 heavy (non-hydrogen) atoms. The SMILES string of the molecule is Cc1cc(=O)n(CCC(=O)OC(C)(C)C)cc1[N+](=O)[O-]. The summed E-state index contributed by atoms with van der Waals surface area (Å²) in [6.07, 6.45) is 1.14. The summed E-state index contributed by atoms with van der Waals surface area (Å²) in [5, 5.41) is 10.8. The van der Waals surface area contributed by atoms with Crippen molar-refractivity contribution >= 4 is 11.7 Å². The number of rotatable bonds is 4. The molecule has 110 valence electrons. The zero-order chi connectivity index (χ0) is 15.5. The van der Waals surface area contributed by atoms with Crippen LogP contribution in [0.4, 0.5) is 5.69 Å². The van der Waals surface area contributed by atoms with Gasteiger partial charge in [0.25, 0.3) is 11.2 Å². The molecule has 0 N–H and O–H groups in total. The molecule has 0 aliphatic heterocycles. The number of nitro groups is 1. The number of aryl methyl sites for hydroxylation is 2. The number of carbonyl (C=O) groups is 1. The van der Waals surface area contributed by atoms with Gasteiger partial charge in [0.15, 0.2) is 0 Å². The van der Waals surface area contributed by atoms with E-state index in [2.05, 4.69) is 0 Å². The van der Waals surface area contributed by atoms with Crippen LogP contribution in [0.1, 0.15) is 32.8 Å². The molecule has 1 heterocycles. The molecule has 0 spiro atoms. The summed E-state index contributed by atoms with van der Waals surface area (Å²) in [6, 6.07) is 1.19. The molecule has 0 aliphatic rings. The van der Waals surface area contributed by atoms with Crippen molar-refractivity contribution in [2.75, 3.05) is 0 Å². The maximum Gasteiger partial charge on any atom is 0.308 e. The van der Waals surface area contributed by atoms with Crippen LogP contribution >= 0.6 is 0 Å². The van der Waals surface area contributed by atoms with Crippen molar-refractivity contribution < 1.29 is 14.5 Å². The standard InChI is InChI=1S/C13H18N2O5/c1-9-7-11(16)14(8-10(9)15(18)19)6-5-12(17)20-13(2,3)4/h7-8H,5-6H2,1-4H3. The van der Waals surface area contributed by atoms with E-state index in [0.717, 1.165) is 10.8 Å². The Balaban J connectivity index is 2.84. The van der Waals surface area contributed by atoms with E-state index < -0.39 is 16.5 Å². The highest BCUT2D eigenvalue weighted by atomic mass is 16.6. The van der Waals surface area contributed by atoms with Gasteiger partial charge in [-0.2, -0.15) is 0 Å². The lowest BCUT2D eigenvalue weighted by molar-refractivity contribution is -0.385. The molecule has 0 aliphatic carbocycles. The van der Waals surface area contributed by atoms with Gasteiger partial charge in [-0.25, -0.2) is 0 Å². The van der Waals surface area contributed by atoms with E-state index in [4.69, 9.17) is 4.74 Å². The summed E-state index contributed by atoms with van der Waals surface area (Å²) in [4.78, 5) is 33.5. The Labute approximate surface area is 116 Å². The average molecular weight is 282 g/mol. The number of pyridine rings is 1. The molecule has 1 aromatic heterocycles. The third kappa shape index (κ3) is 4.49. The fraction of sp³-hybridized carbons (Fsp3) is 0.538. The lowest BCUT2D eigenvalue weighted by Gasteiger charge is -2.19. The lowest BCUT2D eigenvalue weighted by Crippen LogP contribution is -2.26. The highest BCUT2D eigenvalue weighted by Crippen LogP contribution is 2.14. The molecule has 0 bridgehead atoms. The molecule has 1 aromatic rings. The van der Waals surface area contributed by atoms with Crippen LogP contribution in [0, 0.1) is 17.0 Å². The normalized spacial score (nSPS) is 11.2. The van der Waals surface area contributed by atoms with Crippen LogP contribution in [0.3, 0.4) is 0 Å². The third-order valence-corrected chi connectivity index (χ3v) is 2.48. The molecule has 0 amide bonds. The van der Waals surface area contributed by atoms with Crippen molar-refractivity contribution in [3.05, 3.63) is 38.3 Å². The highest BCUT2D eigenvalue weighted by Gasteiger charge is 2.17. The summed E-state index contributed by atoms with van der Waals surface area (Å²) in [5.41, 5.74) is -0.819. The van der Waals surface area contributed by atoms with Gasteiger partial charge in [0.1, 0.15) is 5.60 Å². The van der Waals surface area contributed by atoms with E-state index in [1.165, 1.54) is 13.0 Å². The first kappa shape index (κ1) is 15.9. The smallest absolute Gasteiger partial charge is 0.308 e. The average Bonchev–Trinajstić information content (AvgIpc) is 2.24. The molecule has 0 atom stereocenters. The Kier molecular flexibility index (Phi) is 4.65. The third-order valence-electron chi connectivity index (χ3n) is 2.48. The van der Waals surface area contributed by atoms with Crippen molar-refractivity contribution in [3.8, 4) is 0 Å². The first-order valence-corrected chi connectivity index (χ1v) is 6.17. The van der Waals surface area contributed by atoms with Crippen LogP contribution in [0.5, 0.6) is 0 Å². The predicted molar refractivity (Wildman–Crippen MR) is 72.6 cm³/mol. The van der Waals surface area contributed by atoms with Gasteiger partial charge in [0.2, 0.25) is 0 Å². The molecule has 0 radical (unpaired) electrons. The minimum absolute atomic E-state index is 0.0165. The van der Waals surface area contributed by atoms with E-state index in [9.17, 15) is 19.7 Å². The van der Waals surface area contributed by atoms with Crippen LogP contribution in [0.25, 0.3) is 0 Å². The largest absolute Gasteiger partial charge is 0.460 e. The molecule has 7 heteroatoms. The van der Waals surface area contributed by atoms with Gasteiger partial charge < -0.3 is 9.30 Å². The van der Waals surface area contributed by atoms with E-state index in [0.29, 0.717) is 5.56 Å². The number of ether oxygens (including phenoxy) is 1. The Morgan fingerprint density at radius 3 is 2.55 bits per heavy atom. The van der Waals surface area contributed by atoms with Gasteiger partial charge >= 0.3 is 5.97 Å². The summed E-state index contributed by atoms with van der Waals surface area (Å²) < 4.78 is 6.26. The molecule has 0 aromatic carbocycles. The first-order valence-electron chi connectivity index (χ1n) is 6.17. The van der Waals surface area contributed by atoms with Gasteiger partial charge in [0.05, 0.1) is 17.5 Å². The van der Waals surface area contributed by atoms with E-state index >= 15 is 0 Å². The number of aromatic nitrogens is 1. The van der Waals surface area contributed by atoms with E-state index in [1.807, 2.05) is 0 Å². The maximum atomic E-state index is 11.7. The second kappa shape index (κ2) is 5.85. The highest BCUT2D eigenvalue weighted by molar-refractivity contribution is 5.69. The number of esters is 1. The van der Waals surface area contributed by atoms with Crippen molar-refractivity contribution in [3.63, 3.8) is 0 Å². The Morgan fingerprint density at radius 1 is 1.45 bits per heavy atom. The fourth-order valence-corrected chi connectivity index (χ4v) is 1.63. The number of hydrogen-bond donors (Lipinski definition) is 0. The minimum atomic E-state index is -0.596. The van der Waals surface area contributed by atoms with Crippen LogP contribution in [0.15, 0.2) is 17.1 Å². The first-order chi connectivity index (χ1) is 9.10. The maximum absolute atomic E-state index is 11.7. The van der Waals surface area contributed by atoms with Gasteiger partial charge in [-0.05, 0) is 27.7 Å². The summed E-state index contributed by atoms with van der Waals surface area (Å²) in [7, 11) is 0. The van der Waals surface area contributed by atoms with Crippen LogP contribution < -0.4 is 5.56 Å². The fourth-order valence-electron chi connectivity index (χ4n) is 1.63. The van der Waals surface area contributed by atoms with Crippen molar-refractivity contribution in [1.29, 1.82) is 0 Å². The van der Waals surface area contributed by atoms with Crippen molar-refractivity contribution in [2.24, 2.45) is 0 Å². The number of nitrogens with zero attached hydrogens (tertiary/aromatic N) is 2. The van der Waals surface area contributed by atoms with Crippen LogP contribution in [-0.2, 0) is 16.1 Å². The molecular formula is C13H18N2O5. The molecule has 0 saturated carbocycles. The van der Waals surface area contributed by atoms with Gasteiger partial charge in [-0.1, -0.05) is 0 Å². The second-order valence-electron chi connectivity index (χ2n) is 5.47. The quantitative estimate of drug-likeness (QED) is 0.477. The van der Waals surface area contributed by atoms with Gasteiger partial charge in [-0.3, -0.25) is 19.7 Å². The zero-order valence-electron chi connectivity index (χ0n) is 12.0. The summed E-state index contributed by atoms with van der Waals surface area (Å²) in [6.45, 7) is 6.78. The van der Waals surface area contributed by atoms with Crippen LogP contribution in [0.2, 0.25) is 0 Å². The molecule has 1 rings (SSSR count). The van der Waals surface area contributed by atoms with Crippen molar-refractivity contribution in [2.45, 2.75) is 46.3 Å². The van der Waals surface area contributed by atoms with Gasteiger partial charge in [-0.15, -0.1) is 0 Å². The number of carbonyl (C=O) groups excluding carboxylic acids is 1. The van der Waals surface area contributed by atoms with Gasteiger partial charge in [0, 0.05) is 18.2 Å². The Hall–Kier alpha value is -2.18. The molecule has 0 fully saturated rings. The summed E-state index contributed by atoms with van der Waals surface area (Å²) >= 11 is 0. The predicted octanol–water partition coefficient (Wildman–Crippen LogP) is 1.80. The van der Waals surface area contributed by atoms with Crippen LogP contribution in [-0.4, -0.2) is 21.1 Å². The Morgan fingerprint density at radius 2 is 2.05 bits per heavy atom. The molecule has 0 unspecified atom stereocenters.